The van der Waals surface area contributed by atoms with Gasteiger partial charge in [-0.1, -0.05) is 55.8 Å². The van der Waals surface area contributed by atoms with Gasteiger partial charge >= 0.3 is 0 Å². The number of hydrogen-bond acceptors (Lipinski definition) is 2. The standard InChI is InChI=1S/C17H22OS/c1-13-11-16(19-15-8-3-2-4-9-15)12-14-7-5-6-10-17(13)18-14/h2-4,8-9,11,13-14,17H,5-7,10,12H2,1H3/t13-,14+,17-/m1/s1. The van der Waals surface area contributed by atoms with Crippen molar-refractivity contribution in [2.75, 3.05) is 0 Å². The second-order valence-electron chi connectivity index (χ2n) is 5.69. The third kappa shape index (κ3) is 3.43. The molecule has 0 radical (unpaired) electrons. The summed E-state index contributed by atoms with van der Waals surface area (Å²) in [6, 6.07) is 10.7. The molecule has 2 aliphatic rings. The van der Waals surface area contributed by atoms with Gasteiger partial charge in [-0.15, -0.1) is 0 Å². The molecule has 0 saturated carbocycles. The average Bonchev–Trinajstić information content (AvgIpc) is 2.72. The molecule has 2 heteroatoms. The van der Waals surface area contributed by atoms with Crippen LogP contribution in [0.2, 0.25) is 0 Å². The fourth-order valence-electron chi connectivity index (χ4n) is 3.05. The lowest BCUT2D eigenvalue weighted by molar-refractivity contribution is -0.0196. The number of thioether (sulfide) groups is 1. The Bertz CT molecular complexity index is 440. The summed E-state index contributed by atoms with van der Waals surface area (Å²) in [5.41, 5.74) is 0. The molecule has 0 aromatic heterocycles. The van der Waals surface area contributed by atoms with E-state index < -0.39 is 0 Å². The Morgan fingerprint density at radius 2 is 1.89 bits per heavy atom. The predicted octanol–water partition coefficient (Wildman–Crippen LogP) is 5.03. The molecule has 3 atom stereocenters. The Labute approximate surface area is 120 Å². The van der Waals surface area contributed by atoms with Crippen LogP contribution in [0.1, 0.15) is 39.0 Å². The lowest BCUT2D eigenvalue weighted by Gasteiger charge is -2.21. The quantitative estimate of drug-likeness (QED) is 0.748. The third-order valence-corrected chi connectivity index (χ3v) is 5.16. The van der Waals surface area contributed by atoms with Gasteiger partial charge in [-0.25, -0.2) is 0 Å². The van der Waals surface area contributed by atoms with Gasteiger partial charge in [0.2, 0.25) is 0 Å². The van der Waals surface area contributed by atoms with Crippen molar-refractivity contribution in [1.29, 1.82) is 0 Å². The summed E-state index contributed by atoms with van der Waals surface area (Å²) < 4.78 is 6.29. The smallest absolute Gasteiger partial charge is 0.0639 e. The van der Waals surface area contributed by atoms with Gasteiger partial charge < -0.3 is 4.74 Å². The van der Waals surface area contributed by atoms with E-state index in [2.05, 4.69) is 43.3 Å². The molecular weight excluding hydrogens is 252 g/mol. The first-order valence-corrected chi connectivity index (χ1v) is 8.22. The van der Waals surface area contributed by atoms with Crippen LogP contribution in [0.4, 0.5) is 0 Å². The summed E-state index contributed by atoms with van der Waals surface area (Å²) in [7, 11) is 0. The van der Waals surface area contributed by atoms with Crippen LogP contribution in [-0.2, 0) is 4.74 Å². The summed E-state index contributed by atoms with van der Waals surface area (Å²) in [5, 5.41) is 0. The molecule has 1 saturated heterocycles. The molecule has 0 spiro atoms. The molecule has 2 aliphatic heterocycles. The van der Waals surface area contributed by atoms with Crippen molar-refractivity contribution in [2.24, 2.45) is 5.92 Å². The molecule has 1 aromatic carbocycles. The molecule has 102 valence electrons. The van der Waals surface area contributed by atoms with Gasteiger partial charge in [-0.2, -0.15) is 0 Å². The van der Waals surface area contributed by atoms with Gasteiger partial charge in [0.05, 0.1) is 12.2 Å². The van der Waals surface area contributed by atoms with E-state index in [0.717, 1.165) is 6.42 Å². The summed E-state index contributed by atoms with van der Waals surface area (Å²) >= 11 is 1.92. The Balaban J connectivity index is 1.77. The van der Waals surface area contributed by atoms with Crippen LogP contribution in [0.15, 0.2) is 46.2 Å². The van der Waals surface area contributed by atoms with E-state index in [4.69, 9.17) is 4.74 Å². The molecule has 0 aliphatic carbocycles. The van der Waals surface area contributed by atoms with Crippen LogP contribution < -0.4 is 0 Å². The Kier molecular flexibility index (Phi) is 4.29. The summed E-state index contributed by atoms with van der Waals surface area (Å²) in [5.74, 6) is 0.550. The number of ether oxygens (including phenoxy) is 1. The Morgan fingerprint density at radius 1 is 1.11 bits per heavy atom. The SMILES string of the molecule is C[C@@H]1C=C(Sc2ccccc2)C[C@@H]2CCCC[C@H]1O2. The van der Waals surface area contributed by atoms with Crippen molar-refractivity contribution in [2.45, 2.75) is 56.1 Å². The second-order valence-corrected chi connectivity index (χ2v) is 6.89. The van der Waals surface area contributed by atoms with Crippen LogP contribution >= 0.6 is 11.8 Å². The highest BCUT2D eigenvalue weighted by Gasteiger charge is 2.28. The topological polar surface area (TPSA) is 9.23 Å². The van der Waals surface area contributed by atoms with Crippen molar-refractivity contribution in [1.82, 2.24) is 0 Å². The number of hydrogen-bond donors (Lipinski definition) is 0. The molecule has 1 aromatic rings. The summed E-state index contributed by atoms with van der Waals surface area (Å²) in [6.07, 6.45) is 9.57. The predicted molar refractivity (Wildman–Crippen MR) is 81.3 cm³/mol. The average molecular weight is 274 g/mol. The van der Waals surface area contributed by atoms with Gasteiger partial charge in [0.15, 0.2) is 0 Å². The minimum absolute atomic E-state index is 0.444. The van der Waals surface area contributed by atoms with Crippen molar-refractivity contribution < 1.29 is 4.74 Å². The molecule has 2 bridgehead atoms. The zero-order valence-corrected chi connectivity index (χ0v) is 12.4. The molecule has 2 heterocycles. The molecule has 0 N–H and O–H groups in total. The second kappa shape index (κ2) is 6.15. The van der Waals surface area contributed by atoms with E-state index >= 15 is 0 Å². The number of rotatable bonds is 2. The maximum atomic E-state index is 6.29. The first kappa shape index (κ1) is 13.3. The minimum atomic E-state index is 0.444. The fourth-order valence-corrected chi connectivity index (χ4v) is 4.19. The largest absolute Gasteiger partial charge is 0.374 e. The van der Waals surface area contributed by atoms with Crippen molar-refractivity contribution in [3.8, 4) is 0 Å². The van der Waals surface area contributed by atoms with Crippen LogP contribution in [0.5, 0.6) is 0 Å². The van der Waals surface area contributed by atoms with Crippen LogP contribution in [-0.4, -0.2) is 12.2 Å². The van der Waals surface area contributed by atoms with Crippen molar-refractivity contribution >= 4 is 11.8 Å². The van der Waals surface area contributed by atoms with Gasteiger partial charge in [-0.3, -0.25) is 0 Å². The minimum Gasteiger partial charge on any atom is -0.374 e. The number of benzene rings is 1. The molecule has 0 unspecified atom stereocenters. The molecule has 19 heavy (non-hydrogen) atoms. The van der Waals surface area contributed by atoms with Crippen LogP contribution in [0.25, 0.3) is 0 Å². The molecular formula is C17H22OS. The van der Waals surface area contributed by atoms with Crippen molar-refractivity contribution in [3.05, 3.63) is 41.3 Å². The maximum Gasteiger partial charge on any atom is 0.0639 e. The van der Waals surface area contributed by atoms with Gasteiger partial charge in [0.25, 0.3) is 0 Å². The Morgan fingerprint density at radius 3 is 2.74 bits per heavy atom. The lowest BCUT2D eigenvalue weighted by Crippen LogP contribution is -2.22. The molecule has 3 rings (SSSR count). The third-order valence-electron chi connectivity index (χ3n) is 4.09. The molecule has 0 amide bonds. The van der Waals surface area contributed by atoms with E-state index in [1.54, 1.807) is 0 Å². The lowest BCUT2D eigenvalue weighted by atomic mass is 9.98. The van der Waals surface area contributed by atoms with Gasteiger partial charge in [-0.05, 0) is 29.9 Å². The van der Waals surface area contributed by atoms with E-state index in [0.29, 0.717) is 18.1 Å². The van der Waals surface area contributed by atoms with Crippen LogP contribution in [0.3, 0.4) is 0 Å². The van der Waals surface area contributed by atoms with E-state index in [1.165, 1.54) is 35.5 Å². The highest BCUT2D eigenvalue weighted by Crippen LogP contribution is 2.38. The first-order chi connectivity index (χ1) is 9.31. The van der Waals surface area contributed by atoms with E-state index in [1.807, 2.05) is 11.8 Å². The number of fused-ring (bicyclic) bond motifs is 2. The van der Waals surface area contributed by atoms with Gasteiger partial charge in [0.1, 0.15) is 0 Å². The molecule has 1 fully saturated rings. The van der Waals surface area contributed by atoms with Crippen molar-refractivity contribution in [3.63, 3.8) is 0 Å². The highest BCUT2D eigenvalue weighted by molar-refractivity contribution is 8.03. The highest BCUT2D eigenvalue weighted by atomic mass is 32.2. The fraction of sp³-hybridized carbons (Fsp3) is 0.529. The summed E-state index contributed by atoms with van der Waals surface area (Å²) in [6.45, 7) is 2.31. The van der Waals surface area contributed by atoms with Crippen LogP contribution in [0, 0.1) is 5.92 Å². The zero-order valence-electron chi connectivity index (χ0n) is 11.5. The van der Waals surface area contributed by atoms with Gasteiger partial charge in [0, 0.05) is 17.2 Å². The normalized spacial score (nSPS) is 31.2. The summed E-state index contributed by atoms with van der Waals surface area (Å²) in [4.78, 5) is 2.84. The molecule has 1 nitrogen and oxygen atoms in total. The first-order valence-electron chi connectivity index (χ1n) is 7.40. The maximum absolute atomic E-state index is 6.29. The zero-order chi connectivity index (χ0) is 13.1. The van der Waals surface area contributed by atoms with E-state index in [-0.39, 0.29) is 0 Å². The van der Waals surface area contributed by atoms with E-state index in [9.17, 15) is 0 Å². The Hall–Kier alpha value is -0.730. The monoisotopic (exact) mass is 274 g/mol.